The molecule has 8 heteroatoms. The molecular formula is C10H17F3N2O2S. The highest BCUT2D eigenvalue weighted by atomic mass is 32.2. The molecule has 1 fully saturated rings. The van der Waals surface area contributed by atoms with Gasteiger partial charge in [-0.15, -0.1) is 0 Å². The van der Waals surface area contributed by atoms with E-state index in [1.54, 1.807) is 0 Å². The Bertz CT molecular complexity index is 321. The van der Waals surface area contributed by atoms with Gasteiger partial charge in [0.15, 0.2) is 0 Å². The van der Waals surface area contributed by atoms with Crippen molar-refractivity contribution in [2.24, 2.45) is 4.99 Å². The fourth-order valence-electron chi connectivity index (χ4n) is 1.94. The summed E-state index contributed by atoms with van der Waals surface area (Å²) >= 11 is -3.68. The van der Waals surface area contributed by atoms with E-state index in [0.717, 1.165) is 6.54 Å². The van der Waals surface area contributed by atoms with Gasteiger partial charge in [-0.3, -0.25) is 9.55 Å². The van der Waals surface area contributed by atoms with E-state index in [2.05, 4.69) is 9.89 Å². The molecule has 1 N–H and O–H groups in total. The van der Waals surface area contributed by atoms with E-state index in [1.165, 1.54) is 51.0 Å². The van der Waals surface area contributed by atoms with Gasteiger partial charge in [0.2, 0.25) is 0 Å². The van der Waals surface area contributed by atoms with Crippen LogP contribution in [0.4, 0.5) is 13.2 Å². The number of alkyl halides is 3. The Kier molecular flexibility index (Phi) is 6.07. The van der Waals surface area contributed by atoms with Crippen molar-refractivity contribution in [3.63, 3.8) is 0 Å². The molecule has 0 bridgehead atoms. The fraction of sp³-hybridized carbons (Fsp3) is 0.900. The summed E-state index contributed by atoms with van der Waals surface area (Å²) in [6.07, 6.45) is 6.63. The highest BCUT2D eigenvalue weighted by Gasteiger charge is 2.35. The first-order valence-corrected chi connectivity index (χ1v) is 6.98. The monoisotopic (exact) mass is 286 g/mol. The van der Waals surface area contributed by atoms with Crippen LogP contribution in [0.3, 0.4) is 0 Å². The lowest BCUT2D eigenvalue weighted by Gasteiger charge is -2.27. The molecule has 2 aliphatic heterocycles. The summed E-state index contributed by atoms with van der Waals surface area (Å²) < 4.78 is 48.1. The van der Waals surface area contributed by atoms with E-state index in [0.29, 0.717) is 0 Å². The van der Waals surface area contributed by atoms with Crippen molar-refractivity contribution in [2.75, 3.05) is 19.6 Å². The normalized spacial score (nSPS) is 22.0. The molecule has 0 aromatic rings. The number of halogens is 3. The second-order valence-electron chi connectivity index (χ2n) is 4.14. The van der Waals surface area contributed by atoms with Crippen molar-refractivity contribution in [2.45, 2.75) is 37.6 Å². The molecule has 2 aliphatic rings. The zero-order chi connectivity index (χ0) is 13.6. The summed E-state index contributed by atoms with van der Waals surface area (Å²) in [6.45, 7) is 3.60. The van der Waals surface area contributed by atoms with Crippen LogP contribution >= 0.6 is 0 Å². The standard InChI is InChI=1S/C9H16N2.CHF3O2S/c1-2-5-9-10-6-4-8-11(9)7-3-1;2-1(3,4)7(5)6/h1-8H2;(H,5,6). The van der Waals surface area contributed by atoms with E-state index in [-0.39, 0.29) is 0 Å². The number of rotatable bonds is 0. The molecule has 0 aromatic heterocycles. The lowest BCUT2D eigenvalue weighted by molar-refractivity contribution is -0.0446. The summed E-state index contributed by atoms with van der Waals surface area (Å²) in [5, 5.41) is 0. The van der Waals surface area contributed by atoms with Crippen LogP contribution in [0.5, 0.6) is 0 Å². The number of amidine groups is 1. The summed E-state index contributed by atoms with van der Waals surface area (Å²) in [5.41, 5.74) is -4.97. The van der Waals surface area contributed by atoms with Crippen LogP contribution < -0.4 is 0 Å². The van der Waals surface area contributed by atoms with Crippen molar-refractivity contribution in [1.82, 2.24) is 4.90 Å². The van der Waals surface area contributed by atoms with E-state index < -0.39 is 16.6 Å². The van der Waals surface area contributed by atoms with Crippen LogP contribution in [0.1, 0.15) is 32.1 Å². The molecule has 0 spiro atoms. The van der Waals surface area contributed by atoms with Gasteiger partial charge in [-0.1, -0.05) is 6.42 Å². The van der Waals surface area contributed by atoms with Crippen molar-refractivity contribution < 1.29 is 21.9 Å². The second-order valence-corrected chi connectivity index (χ2v) is 5.11. The molecule has 106 valence electrons. The number of nitrogens with zero attached hydrogens (tertiary/aromatic N) is 2. The average molecular weight is 286 g/mol. The summed E-state index contributed by atoms with van der Waals surface area (Å²) in [4.78, 5) is 7.04. The van der Waals surface area contributed by atoms with Crippen molar-refractivity contribution in [1.29, 1.82) is 0 Å². The topological polar surface area (TPSA) is 52.9 Å². The maximum Gasteiger partial charge on any atom is 0.496 e. The predicted octanol–water partition coefficient (Wildman–Crippen LogP) is 2.39. The largest absolute Gasteiger partial charge is 0.496 e. The van der Waals surface area contributed by atoms with Gasteiger partial charge in [0.1, 0.15) is 0 Å². The second kappa shape index (κ2) is 7.08. The summed E-state index contributed by atoms with van der Waals surface area (Å²) in [5.74, 6) is 1.40. The molecular weight excluding hydrogens is 269 g/mol. The smallest absolute Gasteiger partial charge is 0.360 e. The molecule has 1 saturated heterocycles. The molecule has 0 amide bonds. The number of hydrogen-bond donors (Lipinski definition) is 1. The van der Waals surface area contributed by atoms with Crippen molar-refractivity contribution in [3.8, 4) is 0 Å². The van der Waals surface area contributed by atoms with Gasteiger partial charge < -0.3 is 4.90 Å². The average Bonchev–Trinajstić information content (AvgIpc) is 2.53. The molecule has 4 nitrogen and oxygen atoms in total. The minimum Gasteiger partial charge on any atom is -0.360 e. The lowest BCUT2D eigenvalue weighted by Crippen LogP contribution is -2.34. The molecule has 1 unspecified atom stereocenters. The summed E-state index contributed by atoms with van der Waals surface area (Å²) in [7, 11) is 0. The summed E-state index contributed by atoms with van der Waals surface area (Å²) in [6, 6.07) is 0. The molecule has 0 aliphatic carbocycles. The third-order valence-electron chi connectivity index (χ3n) is 2.77. The van der Waals surface area contributed by atoms with Gasteiger partial charge >= 0.3 is 5.51 Å². The SMILES string of the molecule is C1CCC2=NCCCN2CC1.O=S(O)C(F)(F)F. The van der Waals surface area contributed by atoms with Gasteiger partial charge in [0.05, 0.1) is 5.84 Å². The number of aliphatic imine (C=N–C) groups is 1. The Morgan fingerprint density at radius 2 is 1.78 bits per heavy atom. The lowest BCUT2D eigenvalue weighted by atomic mass is 10.2. The highest BCUT2D eigenvalue weighted by Crippen LogP contribution is 2.17. The van der Waals surface area contributed by atoms with E-state index in [1.807, 2.05) is 0 Å². The van der Waals surface area contributed by atoms with Gasteiger partial charge in [-0.25, -0.2) is 4.21 Å². The Hall–Kier alpha value is -0.630. The third kappa shape index (κ3) is 5.34. The number of hydrogen-bond acceptors (Lipinski definition) is 3. The molecule has 1 atom stereocenters. The quantitative estimate of drug-likeness (QED) is 0.696. The van der Waals surface area contributed by atoms with Gasteiger partial charge in [0, 0.05) is 26.1 Å². The van der Waals surface area contributed by atoms with Crippen LogP contribution in [0.2, 0.25) is 0 Å². The molecule has 2 rings (SSSR count). The maximum atomic E-state index is 10.6. The Morgan fingerprint density at radius 3 is 2.39 bits per heavy atom. The van der Waals surface area contributed by atoms with E-state index in [4.69, 9.17) is 8.76 Å². The van der Waals surface area contributed by atoms with Crippen LogP contribution in [-0.2, 0) is 11.1 Å². The fourth-order valence-corrected chi connectivity index (χ4v) is 1.94. The van der Waals surface area contributed by atoms with Crippen LogP contribution in [0.15, 0.2) is 4.99 Å². The Balaban J connectivity index is 0.000000203. The maximum absolute atomic E-state index is 10.6. The van der Waals surface area contributed by atoms with Crippen molar-refractivity contribution in [3.05, 3.63) is 0 Å². The Morgan fingerprint density at radius 1 is 1.17 bits per heavy atom. The Labute approximate surface area is 107 Å². The molecule has 0 aromatic carbocycles. The van der Waals surface area contributed by atoms with Crippen molar-refractivity contribution >= 4 is 16.9 Å². The van der Waals surface area contributed by atoms with Crippen LogP contribution in [0, 0.1) is 0 Å². The van der Waals surface area contributed by atoms with Crippen LogP contribution in [-0.4, -0.2) is 44.6 Å². The van der Waals surface area contributed by atoms with Gasteiger partial charge in [-0.05, 0) is 19.3 Å². The minimum absolute atomic E-state index is 1.08. The minimum atomic E-state index is -4.97. The third-order valence-corrected chi connectivity index (χ3v) is 3.17. The van der Waals surface area contributed by atoms with Crippen LogP contribution in [0.25, 0.3) is 0 Å². The predicted molar refractivity (Wildman–Crippen MR) is 63.8 cm³/mol. The van der Waals surface area contributed by atoms with E-state index >= 15 is 0 Å². The zero-order valence-electron chi connectivity index (χ0n) is 9.95. The first-order chi connectivity index (χ1) is 8.41. The van der Waals surface area contributed by atoms with Gasteiger partial charge in [0.25, 0.3) is 11.1 Å². The zero-order valence-corrected chi connectivity index (χ0v) is 10.8. The number of fused-ring (bicyclic) bond motifs is 1. The van der Waals surface area contributed by atoms with Gasteiger partial charge in [-0.2, -0.15) is 13.2 Å². The van der Waals surface area contributed by atoms with E-state index in [9.17, 15) is 13.2 Å². The first-order valence-electron chi connectivity index (χ1n) is 5.87. The molecule has 2 heterocycles. The molecule has 0 radical (unpaired) electrons. The molecule has 18 heavy (non-hydrogen) atoms. The highest BCUT2D eigenvalue weighted by molar-refractivity contribution is 7.80. The molecule has 0 saturated carbocycles. The first kappa shape index (κ1) is 15.4.